The number of ether oxygens (including phenoxy) is 2. The zero-order chi connectivity index (χ0) is 13.2. The maximum absolute atomic E-state index is 11.9. The molecule has 5 heteroatoms. The van der Waals surface area contributed by atoms with Gasteiger partial charge in [0.2, 0.25) is 0 Å². The fourth-order valence-corrected chi connectivity index (χ4v) is 1.66. The smallest absolute Gasteiger partial charge is 0.411 e. The van der Waals surface area contributed by atoms with E-state index in [0.717, 1.165) is 5.57 Å². The van der Waals surface area contributed by atoms with Crippen LogP contribution in [0.4, 0.5) is 4.79 Å². The van der Waals surface area contributed by atoms with Gasteiger partial charge in [-0.25, -0.2) is 9.59 Å². The molecule has 0 spiro atoms. The van der Waals surface area contributed by atoms with Gasteiger partial charge in [-0.15, -0.1) is 0 Å². The second kappa shape index (κ2) is 4.77. The molecule has 0 saturated carbocycles. The lowest BCUT2D eigenvalue weighted by molar-refractivity contribution is -0.145. The van der Waals surface area contributed by atoms with Crippen molar-refractivity contribution in [3.8, 4) is 0 Å². The van der Waals surface area contributed by atoms with Crippen molar-refractivity contribution in [1.29, 1.82) is 0 Å². The van der Waals surface area contributed by atoms with E-state index in [-0.39, 0.29) is 0 Å². The van der Waals surface area contributed by atoms with E-state index in [4.69, 9.17) is 4.74 Å². The number of methoxy groups -OCH3 is 1. The number of hydrogen-bond acceptors (Lipinski definition) is 4. The lowest BCUT2D eigenvalue weighted by atomic mass is 10.2. The van der Waals surface area contributed by atoms with Crippen LogP contribution in [-0.2, 0) is 14.3 Å². The van der Waals surface area contributed by atoms with Gasteiger partial charge in [0.05, 0.1) is 7.11 Å². The van der Waals surface area contributed by atoms with Crippen LogP contribution in [0.2, 0.25) is 0 Å². The van der Waals surface area contributed by atoms with Crippen molar-refractivity contribution in [3.05, 3.63) is 12.2 Å². The number of carbonyl (C=O) groups is 2. The van der Waals surface area contributed by atoms with Gasteiger partial charge < -0.3 is 9.47 Å². The summed E-state index contributed by atoms with van der Waals surface area (Å²) in [6, 6.07) is -0.609. The fraction of sp³-hybridized carbons (Fsp3) is 0.667. The van der Waals surface area contributed by atoms with Gasteiger partial charge in [0.1, 0.15) is 11.6 Å². The molecular weight excluding hydrogens is 222 g/mol. The summed E-state index contributed by atoms with van der Waals surface area (Å²) in [4.78, 5) is 24.8. The van der Waals surface area contributed by atoms with Crippen LogP contribution in [0.25, 0.3) is 0 Å². The quantitative estimate of drug-likeness (QED) is 0.518. The first kappa shape index (κ1) is 13.5. The van der Waals surface area contributed by atoms with E-state index in [1.807, 2.05) is 0 Å². The number of likely N-dealkylation sites (tertiary alicyclic amines) is 1. The van der Waals surface area contributed by atoms with Crippen LogP contribution in [0.5, 0.6) is 0 Å². The van der Waals surface area contributed by atoms with Crippen molar-refractivity contribution in [1.82, 2.24) is 4.90 Å². The third-order valence-corrected chi connectivity index (χ3v) is 2.35. The van der Waals surface area contributed by atoms with Gasteiger partial charge in [0, 0.05) is 13.0 Å². The first-order valence-electron chi connectivity index (χ1n) is 5.48. The van der Waals surface area contributed by atoms with Crippen molar-refractivity contribution in [2.45, 2.75) is 38.8 Å². The fourth-order valence-electron chi connectivity index (χ4n) is 1.66. The maximum atomic E-state index is 11.9. The molecule has 0 aromatic heterocycles. The molecule has 1 atom stereocenters. The monoisotopic (exact) mass is 241 g/mol. The van der Waals surface area contributed by atoms with Gasteiger partial charge in [-0.2, -0.15) is 0 Å². The highest BCUT2D eigenvalue weighted by molar-refractivity contribution is 5.83. The molecule has 1 rings (SSSR count). The number of rotatable bonds is 1. The lowest BCUT2D eigenvalue weighted by Crippen LogP contribution is -2.43. The average Bonchev–Trinajstić information content (AvgIpc) is 2.56. The molecule has 0 radical (unpaired) electrons. The minimum atomic E-state index is -0.609. The van der Waals surface area contributed by atoms with E-state index in [2.05, 4.69) is 11.3 Å². The van der Waals surface area contributed by atoms with E-state index >= 15 is 0 Å². The second-order valence-corrected chi connectivity index (χ2v) is 5.10. The van der Waals surface area contributed by atoms with E-state index in [9.17, 15) is 9.59 Å². The maximum Gasteiger partial charge on any atom is 0.411 e. The zero-order valence-corrected chi connectivity index (χ0v) is 10.8. The molecule has 1 saturated heterocycles. The summed E-state index contributed by atoms with van der Waals surface area (Å²) < 4.78 is 9.90. The Bertz CT molecular complexity index is 343. The summed E-state index contributed by atoms with van der Waals surface area (Å²) in [6.45, 7) is 9.48. The highest BCUT2D eigenvalue weighted by Crippen LogP contribution is 2.24. The Morgan fingerprint density at radius 2 is 2.00 bits per heavy atom. The number of amides is 1. The van der Waals surface area contributed by atoms with Gasteiger partial charge in [0.25, 0.3) is 0 Å². The Morgan fingerprint density at radius 3 is 2.47 bits per heavy atom. The van der Waals surface area contributed by atoms with E-state index < -0.39 is 23.7 Å². The molecule has 1 heterocycles. The topological polar surface area (TPSA) is 55.8 Å². The Hall–Kier alpha value is -1.52. The standard InChI is InChI=1S/C12H19NO4/c1-8-6-9(10(14)16-5)13(7-8)11(15)17-12(2,3)4/h9H,1,6-7H2,2-5H3/t9-/m1/s1. The molecule has 1 aliphatic heterocycles. The van der Waals surface area contributed by atoms with Gasteiger partial charge in [-0.1, -0.05) is 12.2 Å². The van der Waals surface area contributed by atoms with E-state index in [0.29, 0.717) is 13.0 Å². The van der Waals surface area contributed by atoms with Gasteiger partial charge in [-0.05, 0) is 20.8 Å². The van der Waals surface area contributed by atoms with Gasteiger partial charge in [0.15, 0.2) is 0 Å². The normalized spacial score (nSPS) is 20.4. The molecule has 0 aromatic carbocycles. The number of nitrogens with zero attached hydrogens (tertiary/aromatic N) is 1. The van der Waals surface area contributed by atoms with Crippen molar-refractivity contribution in [2.75, 3.05) is 13.7 Å². The first-order chi connectivity index (χ1) is 7.74. The summed E-state index contributed by atoms with van der Waals surface area (Å²) in [7, 11) is 1.30. The summed E-state index contributed by atoms with van der Waals surface area (Å²) in [5.41, 5.74) is 0.244. The van der Waals surface area contributed by atoms with Crippen molar-refractivity contribution in [3.63, 3.8) is 0 Å². The number of hydrogen-bond donors (Lipinski definition) is 0. The third-order valence-electron chi connectivity index (χ3n) is 2.35. The molecule has 0 unspecified atom stereocenters. The van der Waals surface area contributed by atoms with Crippen molar-refractivity contribution in [2.24, 2.45) is 0 Å². The van der Waals surface area contributed by atoms with Crippen LogP contribution in [0.1, 0.15) is 27.2 Å². The molecule has 0 aromatic rings. The molecule has 96 valence electrons. The molecular formula is C12H19NO4. The second-order valence-electron chi connectivity index (χ2n) is 5.10. The van der Waals surface area contributed by atoms with Crippen LogP contribution in [0, 0.1) is 0 Å². The largest absolute Gasteiger partial charge is 0.467 e. The average molecular weight is 241 g/mol. The molecule has 5 nitrogen and oxygen atoms in total. The third kappa shape index (κ3) is 3.47. The van der Waals surface area contributed by atoms with Crippen molar-refractivity contribution < 1.29 is 19.1 Å². The van der Waals surface area contributed by atoms with Gasteiger partial charge >= 0.3 is 12.1 Å². The molecule has 0 aliphatic carbocycles. The van der Waals surface area contributed by atoms with Crippen molar-refractivity contribution >= 4 is 12.1 Å². The minimum Gasteiger partial charge on any atom is -0.467 e. The highest BCUT2D eigenvalue weighted by atomic mass is 16.6. The first-order valence-corrected chi connectivity index (χ1v) is 5.48. The minimum absolute atomic E-state index is 0.342. The Labute approximate surface area is 101 Å². The Kier molecular flexibility index (Phi) is 3.80. The number of carbonyl (C=O) groups excluding carboxylic acids is 2. The molecule has 1 fully saturated rings. The predicted molar refractivity (Wildman–Crippen MR) is 62.5 cm³/mol. The Morgan fingerprint density at radius 1 is 1.41 bits per heavy atom. The molecule has 0 bridgehead atoms. The molecule has 1 amide bonds. The van der Waals surface area contributed by atoms with E-state index in [1.54, 1.807) is 20.8 Å². The van der Waals surface area contributed by atoms with E-state index in [1.165, 1.54) is 12.0 Å². The highest BCUT2D eigenvalue weighted by Gasteiger charge is 2.38. The summed E-state index contributed by atoms with van der Waals surface area (Å²) in [5.74, 6) is -0.436. The van der Waals surface area contributed by atoms with Crippen LogP contribution in [-0.4, -0.2) is 42.3 Å². The predicted octanol–water partition coefficient (Wildman–Crippen LogP) is 1.72. The van der Waals surface area contributed by atoms with Crippen LogP contribution in [0.3, 0.4) is 0 Å². The summed E-state index contributed by atoms with van der Waals surface area (Å²) in [5, 5.41) is 0. The Balaban J connectivity index is 2.77. The van der Waals surface area contributed by atoms with Crippen LogP contribution < -0.4 is 0 Å². The summed E-state index contributed by atoms with van der Waals surface area (Å²) in [6.07, 6.45) is -0.0714. The zero-order valence-electron chi connectivity index (χ0n) is 10.8. The molecule has 0 N–H and O–H groups in total. The SMILES string of the molecule is C=C1C[C@H](C(=O)OC)N(C(=O)OC(C)(C)C)C1. The molecule has 17 heavy (non-hydrogen) atoms. The molecule has 1 aliphatic rings. The van der Waals surface area contributed by atoms with Gasteiger partial charge in [-0.3, -0.25) is 4.90 Å². The summed E-state index contributed by atoms with van der Waals surface area (Å²) >= 11 is 0. The lowest BCUT2D eigenvalue weighted by Gasteiger charge is -2.27. The van der Waals surface area contributed by atoms with Crippen LogP contribution in [0.15, 0.2) is 12.2 Å². The number of esters is 1. The van der Waals surface area contributed by atoms with Crippen LogP contribution >= 0.6 is 0 Å².